The van der Waals surface area contributed by atoms with E-state index in [1.165, 1.54) is 0 Å². The average molecular weight is 146 g/mol. The number of pyridine rings is 1. The van der Waals surface area contributed by atoms with Crippen molar-refractivity contribution in [1.82, 2.24) is 4.98 Å². The Labute approximate surface area is 64.9 Å². The highest BCUT2D eigenvalue weighted by Gasteiger charge is 1.89. The molecule has 2 nitrogen and oxygen atoms in total. The van der Waals surface area contributed by atoms with Crippen LogP contribution in [0.15, 0.2) is 41.2 Å². The number of fused-ring (bicyclic) bond motifs is 1. The molecular formula is C9H7NO. The largest absolute Gasteiger partial charge is 0.322 e. The molecule has 54 valence electrons. The van der Waals surface area contributed by atoms with Crippen molar-refractivity contribution in [3.63, 3.8) is 0 Å². The van der Waals surface area contributed by atoms with Crippen molar-refractivity contribution in [2.24, 2.45) is 0 Å². The maximum Gasteiger partial charge on any atom is 0.248 e. The molecule has 1 N–H and O–H groups in total. The number of hydrogen-bond donors (Lipinski definition) is 1. The maximum absolute atomic E-state index is 11.0. The van der Waals surface area contributed by atoms with Crippen LogP contribution in [0.3, 0.4) is 0 Å². The Morgan fingerprint density at radius 3 is 3.00 bits per heavy atom. The number of hydrogen-bond acceptors (Lipinski definition) is 1. The molecule has 0 bridgehead atoms. The summed E-state index contributed by atoms with van der Waals surface area (Å²) in [6, 6.07) is 8.98. The predicted molar refractivity (Wildman–Crippen MR) is 44.6 cm³/mol. The molecule has 1 aromatic heterocycles. The smallest absolute Gasteiger partial charge is 0.248 e. The van der Waals surface area contributed by atoms with Crippen LogP contribution in [0.2, 0.25) is 0 Å². The van der Waals surface area contributed by atoms with Crippen molar-refractivity contribution in [2.45, 2.75) is 0 Å². The fourth-order valence-electron chi connectivity index (χ4n) is 1.04. The van der Waals surface area contributed by atoms with Crippen LogP contribution in [0.5, 0.6) is 0 Å². The minimum Gasteiger partial charge on any atom is -0.322 e. The van der Waals surface area contributed by atoms with E-state index in [1.807, 2.05) is 24.3 Å². The Morgan fingerprint density at radius 1 is 1.27 bits per heavy atom. The number of H-pyrrole nitrogens is 1. The first-order valence-corrected chi connectivity index (χ1v) is 3.36. The fourth-order valence-corrected chi connectivity index (χ4v) is 1.04. The van der Waals surface area contributed by atoms with Crippen LogP contribution in [0, 0.1) is 0 Å². The summed E-state index contributed by atoms with van der Waals surface area (Å²) < 4.78 is 7.26. The second-order valence-corrected chi connectivity index (χ2v) is 2.33. The molecule has 1 aromatic carbocycles. The van der Waals surface area contributed by atoms with Gasteiger partial charge in [0.25, 0.3) is 0 Å². The van der Waals surface area contributed by atoms with Crippen molar-refractivity contribution in [1.29, 1.82) is 0 Å². The van der Waals surface area contributed by atoms with Crippen molar-refractivity contribution in [3.8, 4) is 0 Å². The molecule has 0 atom stereocenters. The number of nitrogens with one attached hydrogen (secondary N) is 1. The topological polar surface area (TPSA) is 32.9 Å². The summed E-state index contributed by atoms with van der Waals surface area (Å²) >= 11 is 0. The van der Waals surface area contributed by atoms with Crippen LogP contribution in [-0.2, 0) is 0 Å². The van der Waals surface area contributed by atoms with Gasteiger partial charge in [-0.1, -0.05) is 18.2 Å². The molecule has 0 amide bonds. The second-order valence-electron chi connectivity index (χ2n) is 2.33. The molecule has 0 aliphatic carbocycles. The van der Waals surface area contributed by atoms with Gasteiger partial charge in [-0.25, -0.2) is 0 Å². The second kappa shape index (κ2) is 2.23. The molecule has 0 saturated carbocycles. The first kappa shape index (κ1) is 5.13. The van der Waals surface area contributed by atoms with Gasteiger partial charge in [0.05, 0.1) is 1.37 Å². The lowest BCUT2D eigenvalue weighted by Gasteiger charge is -1.93. The number of rotatable bonds is 0. The first-order valence-electron chi connectivity index (χ1n) is 3.86. The van der Waals surface area contributed by atoms with Crippen molar-refractivity contribution in [2.75, 3.05) is 0 Å². The molecule has 11 heavy (non-hydrogen) atoms. The summed E-state index contributed by atoms with van der Waals surface area (Å²) in [6.07, 6.45) is 0. The van der Waals surface area contributed by atoms with Crippen LogP contribution in [0.4, 0.5) is 0 Å². The number of aromatic amines is 1. The van der Waals surface area contributed by atoms with Gasteiger partial charge in [0.1, 0.15) is 0 Å². The van der Waals surface area contributed by atoms with Crippen molar-refractivity contribution < 1.29 is 1.37 Å². The molecule has 0 saturated heterocycles. The zero-order chi connectivity index (χ0) is 8.55. The minimum absolute atomic E-state index is 0.00806. The average Bonchev–Trinajstić information content (AvgIpc) is 2.07. The molecule has 0 aliphatic heterocycles. The maximum atomic E-state index is 11.0. The van der Waals surface area contributed by atoms with Gasteiger partial charge in [0.2, 0.25) is 5.56 Å². The molecule has 2 aromatic rings. The summed E-state index contributed by atoms with van der Waals surface area (Å²) in [5.74, 6) is 0. The summed E-state index contributed by atoms with van der Waals surface area (Å²) in [6.45, 7) is 0. The molecule has 1 heterocycles. The fraction of sp³-hybridized carbons (Fsp3) is 0. The molecule has 0 spiro atoms. The highest BCUT2D eigenvalue weighted by Crippen LogP contribution is 2.06. The van der Waals surface area contributed by atoms with Crippen LogP contribution in [-0.4, -0.2) is 4.98 Å². The van der Waals surface area contributed by atoms with Gasteiger partial charge in [-0.15, -0.1) is 0 Å². The summed E-state index contributed by atoms with van der Waals surface area (Å²) in [5, 5.41) is 0.891. The van der Waals surface area contributed by atoms with Gasteiger partial charge in [0.15, 0.2) is 0 Å². The number of benzene rings is 1. The third kappa shape index (κ3) is 1.03. The Bertz CT molecular complexity index is 475. The Morgan fingerprint density at radius 2 is 2.09 bits per heavy atom. The standard InChI is InChI=1S/C9H7NO/c11-9-6-5-7-3-1-2-4-8(7)10-9/h1-6H,(H,10,11)/i6D. The van der Waals surface area contributed by atoms with E-state index in [1.54, 1.807) is 6.07 Å². The molecule has 0 fully saturated rings. The van der Waals surface area contributed by atoms with Crippen LogP contribution in [0.25, 0.3) is 10.9 Å². The van der Waals surface area contributed by atoms with E-state index in [0.29, 0.717) is 0 Å². The summed E-state index contributed by atoms with van der Waals surface area (Å²) in [7, 11) is 0. The summed E-state index contributed by atoms with van der Waals surface area (Å²) in [5.41, 5.74) is 0.437. The monoisotopic (exact) mass is 146 g/mol. The van der Waals surface area contributed by atoms with Gasteiger partial charge < -0.3 is 4.98 Å². The van der Waals surface area contributed by atoms with E-state index in [-0.39, 0.29) is 11.6 Å². The van der Waals surface area contributed by atoms with E-state index < -0.39 is 0 Å². The Hall–Kier alpha value is -1.57. The normalized spacial score (nSPS) is 11.5. The first-order chi connectivity index (χ1) is 5.77. The number of aromatic nitrogens is 1. The Balaban J connectivity index is 2.93. The van der Waals surface area contributed by atoms with Crippen molar-refractivity contribution >= 4 is 10.9 Å². The van der Waals surface area contributed by atoms with E-state index in [2.05, 4.69) is 4.98 Å². The van der Waals surface area contributed by atoms with Crippen molar-refractivity contribution in [3.05, 3.63) is 46.7 Å². The van der Waals surface area contributed by atoms with E-state index in [9.17, 15) is 4.79 Å². The molecule has 2 heteroatoms. The minimum atomic E-state index is -0.339. The zero-order valence-corrected chi connectivity index (χ0v) is 5.79. The van der Waals surface area contributed by atoms with Crippen LogP contribution in [0.1, 0.15) is 1.37 Å². The van der Waals surface area contributed by atoms with Gasteiger partial charge >= 0.3 is 0 Å². The van der Waals surface area contributed by atoms with Gasteiger partial charge in [-0.2, -0.15) is 0 Å². The molecule has 0 aliphatic rings. The third-order valence-electron chi connectivity index (χ3n) is 1.57. The molecule has 0 unspecified atom stereocenters. The molecule has 2 rings (SSSR count). The molecular weight excluding hydrogens is 138 g/mol. The van der Waals surface area contributed by atoms with E-state index in [0.717, 1.165) is 10.9 Å². The summed E-state index contributed by atoms with van der Waals surface area (Å²) in [4.78, 5) is 13.6. The predicted octanol–water partition coefficient (Wildman–Crippen LogP) is 1.53. The quantitative estimate of drug-likeness (QED) is 0.600. The molecule has 0 radical (unpaired) electrons. The Kier molecular flexibility index (Phi) is 1.04. The highest BCUT2D eigenvalue weighted by molar-refractivity contribution is 5.77. The van der Waals surface area contributed by atoms with E-state index in [4.69, 9.17) is 1.37 Å². The lowest BCUT2D eigenvalue weighted by atomic mass is 10.2. The SMILES string of the molecule is [2H]c1cc2ccccc2[nH]c1=O. The lowest BCUT2D eigenvalue weighted by Crippen LogP contribution is -2.01. The lowest BCUT2D eigenvalue weighted by molar-refractivity contribution is 1.31. The van der Waals surface area contributed by atoms with Gasteiger partial charge in [0, 0.05) is 11.6 Å². The third-order valence-corrected chi connectivity index (χ3v) is 1.57. The van der Waals surface area contributed by atoms with Gasteiger partial charge in [-0.05, 0) is 17.5 Å². The number of para-hydroxylation sites is 1. The van der Waals surface area contributed by atoms with E-state index >= 15 is 0 Å². The van der Waals surface area contributed by atoms with Gasteiger partial charge in [-0.3, -0.25) is 4.79 Å². The van der Waals surface area contributed by atoms with Crippen LogP contribution >= 0.6 is 0 Å². The zero-order valence-electron chi connectivity index (χ0n) is 6.79. The highest BCUT2D eigenvalue weighted by atomic mass is 16.1. The van der Waals surface area contributed by atoms with Crippen LogP contribution < -0.4 is 5.56 Å².